The Bertz CT molecular complexity index is 90.6. The monoisotopic (exact) mass is 181 g/mol. The number of hydrogen-bond donors (Lipinski definition) is 2. The Morgan fingerprint density at radius 3 is 2.18 bits per heavy atom. The number of nitrogens with two attached hydrogens (primary N) is 1. The lowest BCUT2D eigenvalue weighted by Gasteiger charge is -2.25. The first-order chi connectivity index (χ1) is 4.48. The first kappa shape index (κ1) is 13.8. The van der Waals surface area contributed by atoms with E-state index in [2.05, 4.69) is 6.92 Å². The van der Waals surface area contributed by atoms with Crippen molar-refractivity contribution in [3.05, 3.63) is 0 Å². The predicted octanol–water partition coefficient (Wildman–Crippen LogP) is 1.70. The van der Waals surface area contributed by atoms with Crippen molar-refractivity contribution in [3.63, 3.8) is 0 Å². The Labute approximate surface area is 75.6 Å². The molecule has 11 heavy (non-hydrogen) atoms. The summed E-state index contributed by atoms with van der Waals surface area (Å²) in [7, 11) is 0. The van der Waals surface area contributed by atoms with Crippen LogP contribution in [0.4, 0.5) is 0 Å². The molecule has 3 heteroatoms. The maximum absolute atomic E-state index is 9.39. The van der Waals surface area contributed by atoms with E-state index in [1.165, 1.54) is 0 Å². The van der Waals surface area contributed by atoms with Gasteiger partial charge in [-0.3, -0.25) is 0 Å². The van der Waals surface area contributed by atoms with Crippen LogP contribution in [0, 0.1) is 0 Å². The lowest BCUT2D eigenvalue weighted by Crippen LogP contribution is -2.42. The van der Waals surface area contributed by atoms with Gasteiger partial charge in [0.05, 0.1) is 5.60 Å². The van der Waals surface area contributed by atoms with Gasteiger partial charge in [-0.2, -0.15) is 0 Å². The van der Waals surface area contributed by atoms with Gasteiger partial charge in [0.2, 0.25) is 0 Å². The van der Waals surface area contributed by atoms with Gasteiger partial charge in [0, 0.05) is 6.04 Å². The van der Waals surface area contributed by atoms with Gasteiger partial charge in [0.15, 0.2) is 0 Å². The molecule has 2 nitrogen and oxygen atoms in total. The van der Waals surface area contributed by atoms with Crippen LogP contribution in [0.25, 0.3) is 0 Å². The molecule has 70 valence electrons. The molecule has 1 unspecified atom stereocenters. The van der Waals surface area contributed by atoms with Crippen LogP contribution < -0.4 is 5.73 Å². The smallest absolute Gasteiger partial charge is 0.0741 e. The van der Waals surface area contributed by atoms with Crippen molar-refractivity contribution in [2.75, 3.05) is 0 Å². The van der Waals surface area contributed by atoms with Crippen LogP contribution in [0.2, 0.25) is 0 Å². The molecule has 0 heterocycles. The minimum atomic E-state index is -0.713. The van der Waals surface area contributed by atoms with Crippen molar-refractivity contribution >= 4 is 12.4 Å². The number of halogens is 1. The van der Waals surface area contributed by atoms with Gasteiger partial charge >= 0.3 is 0 Å². The number of hydrogen-bond acceptors (Lipinski definition) is 2. The molecular weight excluding hydrogens is 162 g/mol. The molecule has 0 aromatic carbocycles. The van der Waals surface area contributed by atoms with Crippen molar-refractivity contribution in [1.82, 2.24) is 0 Å². The van der Waals surface area contributed by atoms with Crippen molar-refractivity contribution in [2.24, 2.45) is 5.73 Å². The highest BCUT2D eigenvalue weighted by molar-refractivity contribution is 5.85. The highest BCUT2D eigenvalue weighted by atomic mass is 35.5. The zero-order chi connectivity index (χ0) is 8.20. The Hall–Kier alpha value is 0.210. The zero-order valence-corrected chi connectivity index (χ0v) is 8.45. The molecule has 0 radical (unpaired) electrons. The largest absolute Gasteiger partial charge is 0.389 e. The first-order valence-corrected chi connectivity index (χ1v) is 3.96. The van der Waals surface area contributed by atoms with Crippen LogP contribution in [0.5, 0.6) is 0 Å². The normalized spacial score (nSPS) is 13.9. The Balaban J connectivity index is 0. The fourth-order valence-electron chi connectivity index (χ4n) is 0.777. The summed E-state index contributed by atoms with van der Waals surface area (Å²) in [5, 5.41) is 9.39. The van der Waals surface area contributed by atoms with Gasteiger partial charge in [-0.15, -0.1) is 12.4 Å². The molecule has 0 saturated heterocycles. The molecule has 0 bridgehead atoms. The van der Waals surface area contributed by atoms with Gasteiger partial charge in [0.1, 0.15) is 0 Å². The molecule has 0 rings (SSSR count). The summed E-state index contributed by atoms with van der Waals surface area (Å²) in [6.07, 6.45) is 3.16. The van der Waals surface area contributed by atoms with E-state index in [1.54, 1.807) is 13.8 Å². The van der Waals surface area contributed by atoms with Gasteiger partial charge in [-0.1, -0.05) is 19.8 Å². The minimum absolute atomic E-state index is 0. The topological polar surface area (TPSA) is 46.2 Å². The van der Waals surface area contributed by atoms with Crippen molar-refractivity contribution in [1.29, 1.82) is 0 Å². The Morgan fingerprint density at radius 1 is 1.45 bits per heavy atom. The van der Waals surface area contributed by atoms with Gasteiger partial charge < -0.3 is 10.8 Å². The molecule has 0 aliphatic carbocycles. The Morgan fingerprint density at radius 2 is 1.91 bits per heavy atom. The summed E-state index contributed by atoms with van der Waals surface area (Å²) in [5.74, 6) is 0. The van der Waals surface area contributed by atoms with Crippen LogP contribution in [0.3, 0.4) is 0 Å². The lowest BCUT2D eigenvalue weighted by atomic mass is 9.95. The molecule has 0 amide bonds. The second kappa shape index (κ2) is 5.81. The van der Waals surface area contributed by atoms with Gasteiger partial charge in [0.25, 0.3) is 0 Å². The zero-order valence-electron chi connectivity index (χ0n) is 7.63. The highest BCUT2D eigenvalue weighted by Gasteiger charge is 2.21. The second-order valence-corrected chi connectivity index (χ2v) is 3.40. The third-order valence-corrected chi connectivity index (χ3v) is 1.78. The van der Waals surface area contributed by atoms with Crippen molar-refractivity contribution < 1.29 is 5.11 Å². The van der Waals surface area contributed by atoms with Gasteiger partial charge in [-0.25, -0.2) is 0 Å². The van der Waals surface area contributed by atoms with Crippen LogP contribution in [-0.2, 0) is 0 Å². The molecule has 0 saturated carbocycles. The SMILES string of the molecule is CCCCC(N)C(C)(C)O.Cl. The molecule has 1 atom stereocenters. The molecule has 0 aromatic rings. The molecular formula is C8H20ClNO. The van der Waals surface area contributed by atoms with E-state index in [4.69, 9.17) is 5.73 Å². The van der Waals surface area contributed by atoms with Crippen LogP contribution in [0.1, 0.15) is 40.0 Å². The van der Waals surface area contributed by atoms with E-state index in [0.29, 0.717) is 0 Å². The van der Waals surface area contributed by atoms with E-state index in [1.807, 2.05) is 0 Å². The van der Waals surface area contributed by atoms with Gasteiger partial charge in [-0.05, 0) is 20.3 Å². The summed E-state index contributed by atoms with van der Waals surface area (Å²) in [6.45, 7) is 5.64. The average Bonchev–Trinajstić information content (AvgIpc) is 1.80. The fraction of sp³-hybridized carbons (Fsp3) is 1.00. The maximum Gasteiger partial charge on any atom is 0.0741 e. The summed E-state index contributed by atoms with van der Waals surface area (Å²) in [6, 6.07) is -0.0764. The van der Waals surface area contributed by atoms with E-state index < -0.39 is 5.60 Å². The van der Waals surface area contributed by atoms with E-state index in [9.17, 15) is 5.11 Å². The summed E-state index contributed by atoms with van der Waals surface area (Å²) in [5.41, 5.74) is 4.97. The number of unbranched alkanes of at least 4 members (excludes halogenated alkanes) is 1. The summed E-state index contributed by atoms with van der Waals surface area (Å²) >= 11 is 0. The van der Waals surface area contributed by atoms with Crippen molar-refractivity contribution in [3.8, 4) is 0 Å². The van der Waals surface area contributed by atoms with E-state index in [0.717, 1.165) is 19.3 Å². The van der Waals surface area contributed by atoms with Crippen LogP contribution >= 0.6 is 12.4 Å². The average molecular weight is 182 g/mol. The molecule has 0 aliphatic heterocycles. The fourth-order valence-corrected chi connectivity index (χ4v) is 0.777. The Kier molecular flexibility index (Phi) is 7.28. The quantitative estimate of drug-likeness (QED) is 0.694. The minimum Gasteiger partial charge on any atom is -0.389 e. The van der Waals surface area contributed by atoms with E-state index in [-0.39, 0.29) is 18.4 Å². The summed E-state index contributed by atoms with van der Waals surface area (Å²) in [4.78, 5) is 0. The lowest BCUT2D eigenvalue weighted by molar-refractivity contribution is 0.0484. The second-order valence-electron chi connectivity index (χ2n) is 3.40. The molecule has 0 aliphatic rings. The summed E-state index contributed by atoms with van der Waals surface area (Å²) < 4.78 is 0. The highest BCUT2D eigenvalue weighted by Crippen LogP contribution is 2.11. The third kappa shape index (κ3) is 6.60. The molecule has 0 aromatic heterocycles. The standard InChI is InChI=1S/C8H19NO.ClH/c1-4-5-6-7(9)8(2,3)10;/h7,10H,4-6,9H2,1-3H3;1H. The predicted molar refractivity (Wildman–Crippen MR) is 51.0 cm³/mol. The van der Waals surface area contributed by atoms with Crippen LogP contribution in [0.15, 0.2) is 0 Å². The number of aliphatic hydroxyl groups is 1. The van der Waals surface area contributed by atoms with Crippen LogP contribution in [-0.4, -0.2) is 16.7 Å². The maximum atomic E-state index is 9.39. The molecule has 0 fully saturated rings. The molecule has 0 spiro atoms. The third-order valence-electron chi connectivity index (χ3n) is 1.78. The molecule has 3 N–H and O–H groups in total. The number of rotatable bonds is 4. The van der Waals surface area contributed by atoms with Crippen molar-refractivity contribution in [2.45, 2.75) is 51.7 Å². The van der Waals surface area contributed by atoms with E-state index >= 15 is 0 Å². The first-order valence-electron chi connectivity index (χ1n) is 3.96.